The number of rotatable bonds is 3. The van der Waals surface area contributed by atoms with E-state index in [9.17, 15) is 9.59 Å². The lowest BCUT2D eigenvalue weighted by Crippen LogP contribution is -2.50. The number of benzene rings is 1. The third-order valence-electron chi connectivity index (χ3n) is 4.86. The van der Waals surface area contributed by atoms with E-state index in [1.165, 1.54) is 5.56 Å². The molecule has 2 saturated heterocycles. The summed E-state index contributed by atoms with van der Waals surface area (Å²) in [7, 11) is 0. The quantitative estimate of drug-likeness (QED) is 0.930. The van der Waals surface area contributed by atoms with Crippen LogP contribution in [0.3, 0.4) is 0 Å². The van der Waals surface area contributed by atoms with Crippen LogP contribution in [0.25, 0.3) is 0 Å². The molecule has 22 heavy (non-hydrogen) atoms. The highest BCUT2D eigenvalue weighted by Crippen LogP contribution is 2.54. The Kier molecular flexibility index (Phi) is 3.22. The molecule has 0 radical (unpaired) electrons. The number of nitrogens with one attached hydrogen (secondary N) is 1. The number of amides is 2. The standard InChI is InChI=1S/C17H20N2O2S/c1-11-2-4-12(5-3-11)17-9-8-15(20)19(17)14(10-22-17)16(21)18-13-6-7-13/h2-5,13-14H,6-10H2,1H3,(H,18,21). The molecular formula is C17H20N2O2S. The number of hydrogen-bond donors (Lipinski definition) is 1. The molecule has 0 spiro atoms. The lowest BCUT2D eigenvalue weighted by molar-refractivity contribution is -0.138. The maximum absolute atomic E-state index is 12.5. The number of carbonyl (C=O) groups excluding carboxylic acids is 2. The van der Waals surface area contributed by atoms with Crippen molar-refractivity contribution in [1.29, 1.82) is 0 Å². The minimum Gasteiger partial charge on any atom is -0.352 e. The minimum absolute atomic E-state index is 0.0271. The van der Waals surface area contributed by atoms with Crippen LogP contribution in [0, 0.1) is 6.92 Å². The normalized spacial score (nSPS) is 30.5. The largest absolute Gasteiger partial charge is 0.352 e. The Balaban J connectivity index is 1.65. The number of hydrogen-bond acceptors (Lipinski definition) is 3. The van der Waals surface area contributed by atoms with Crippen molar-refractivity contribution < 1.29 is 9.59 Å². The fourth-order valence-corrected chi connectivity index (χ4v) is 5.13. The van der Waals surface area contributed by atoms with E-state index in [-0.39, 0.29) is 22.7 Å². The van der Waals surface area contributed by atoms with E-state index >= 15 is 0 Å². The summed E-state index contributed by atoms with van der Waals surface area (Å²) in [6, 6.07) is 8.41. The van der Waals surface area contributed by atoms with Gasteiger partial charge in [0.1, 0.15) is 10.9 Å². The van der Waals surface area contributed by atoms with Gasteiger partial charge >= 0.3 is 0 Å². The van der Waals surface area contributed by atoms with Crippen LogP contribution in [0.2, 0.25) is 0 Å². The maximum Gasteiger partial charge on any atom is 0.243 e. The van der Waals surface area contributed by atoms with Gasteiger partial charge in [0, 0.05) is 18.2 Å². The van der Waals surface area contributed by atoms with Crippen LogP contribution in [-0.4, -0.2) is 34.6 Å². The van der Waals surface area contributed by atoms with Gasteiger partial charge in [-0.3, -0.25) is 9.59 Å². The number of nitrogens with zero attached hydrogens (tertiary/aromatic N) is 1. The van der Waals surface area contributed by atoms with Gasteiger partial charge in [-0.1, -0.05) is 29.8 Å². The molecule has 2 aliphatic heterocycles. The Labute approximate surface area is 134 Å². The molecule has 4 nitrogen and oxygen atoms in total. The predicted molar refractivity (Wildman–Crippen MR) is 86.3 cm³/mol. The molecule has 3 aliphatic rings. The number of aryl methyl sites for hydroxylation is 1. The second-order valence-electron chi connectivity index (χ2n) is 6.52. The highest BCUT2D eigenvalue weighted by molar-refractivity contribution is 8.00. The van der Waals surface area contributed by atoms with Gasteiger partial charge in [-0.05, 0) is 31.7 Å². The molecular weight excluding hydrogens is 296 g/mol. The van der Waals surface area contributed by atoms with Crippen molar-refractivity contribution >= 4 is 23.6 Å². The summed E-state index contributed by atoms with van der Waals surface area (Å²) in [5.41, 5.74) is 2.36. The lowest BCUT2D eigenvalue weighted by Gasteiger charge is -2.34. The van der Waals surface area contributed by atoms with E-state index in [0.717, 1.165) is 24.8 Å². The molecule has 1 N–H and O–H groups in total. The zero-order valence-corrected chi connectivity index (χ0v) is 13.5. The highest BCUT2D eigenvalue weighted by atomic mass is 32.2. The predicted octanol–water partition coefficient (Wildman–Crippen LogP) is 2.16. The van der Waals surface area contributed by atoms with Crippen LogP contribution in [-0.2, 0) is 14.5 Å². The minimum atomic E-state index is -0.337. The zero-order valence-electron chi connectivity index (χ0n) is 12.7. The average Bonchev–Trinajstić information content (AvgIpc) is 3.13. The second-order valence-corrected chi connectivity index (χ2v) is 7.82. The molecule has 1 aromatic rings. The first-order valence-corrected chi connectivity index (χ1v) is 8.92. The monoisotopic (exact) mass is 316 g/mol. The Morgan fingerprint density at radius 3 is 2.73 bits per heavy atom. The van der Waals surface area contributed by atoms with Crippen molar-refractivity contribution in [3.05, 3.63) is 35.4 Å². The third-order valence-corrected chi connectivity index (χ3v) is 6.45. The molecule has 0 aromatic heterocycles. The van der Waals surface area contributed by atoms with Gasteiger partial charge in [-0.15, -0.1) is 11.8 Å². The second kappa shape index (κ2) is 5.01. The fourth-order valence-electron chi connectivity index (χ4n) is 3.48. The van der Waals surface area contributed by atoms with Gasteiger partial charge in [0.15, 0.2) is 0 Å². The van der Waals surface area contributed by atoms with Crippen molar-refractivity contribution in [2.75, 3.05) is 5.75 Å². The maximum atomic E-state index is 12.5. The molecule has 2 atom stereocenters. The summed E-state index contributed by atoms with van der Waals surface area (Å²) in [6.45, 7) is 2.06. The van der Waals surface area contributed by atoms with Gasteiger partial charge in [0.2, 0.25) is 11.8 Å². The van der Waals surface area contributed by atoms with Gasteiger partial charge in [0.25, 0.3) is 0 Å². The molecule has 0 bridgehead atoms. The molecule has 2 amide bonds. The number of fused-ring (bicyclic) bond motifs is 1. The van der Waals surface area contributed by atoms with Crippen molar-refractivity contribution in [2.24, 2.45) is 0 Å². The zero-order chi connectivity index (χ0) is 15.3. The van der Waals surface area contributed by atoms with Crippen LogP contribution < -0.4 is 5.32 Å². The summed E-state index contributed by atoms with van der Waals surface area (Å²) in [5.74, 6) is 0.832. The molecule has 1 aliphatic carbocycles. The Bertz CT molecular complexity index is 626. The molecule has 1 saturated carbocycles. The van der Waals surface area contributed by atoms with Gasteiger partial charge < -0.3 is 10.2 Å². The first-order valence-electron chi connectivity index (χ1n) is 7.94. The number of thioether (sulfide) groups is 1. The molecule has 2 unspecified atom stereocenters. The molecule has 4 rings (SSSR count). The SMILES string of the molecule is Cc1ccc(C23CCC(=O)N2C(C(=O)NC2CC2)CS3)cc1. The molecule has 116 valence electrons. The first-order chi connectivity index (χ1) is 10.6. The van der Waals surface area contributed by atoms with Crippen LogP contribution in [0.5, 0.6) is 0 Å². The van der Waals surface area contributed by atoms with E-state index in [1.54, 1.807) is 11.8 Å². The van der Waals surface area contributed by atoms with Crippen LogP contribution >= 0.6 is 11.8 Å². The first kappa shape index (κ1) is 14.1. The van der Waals surface area contributed by atoms with E-state index in [2.05, 4.69) is 36.5 Å². The summed E-state index contributed by atoms with van der Waals surface area (Å²) in [5, 5.41) is 3.06. The van der Waals surface area contributed by atoms with Crippen molar-refractivity contribution in [1.82, 2.24) is 10.2 Å². The summed E-state index contributed by atoms with van der Waals surface area (Å²) in [4.78, 5) is 26.5. The molecule has 3 fully saturated rings. The van der Waals surface area contributed by atoms with E-state index in [1.807, 2.05) is 4.90 Å². The van der Waals surface area contributed by atoms with E-state index in [0.29, 0.717) is 18.2 Å². The third kappa shape index (κ3) is 2.14. The van der Waals surface area contributed by atoms with Crippen molar-refractivity contribution in [3.8, 4) is 0 Å². The molecule has 2 heterocycles. The van der Waals surface area contributed by atoms with Crippen molar-refractivity contribution in [2.45, 2.75) is 49.6 Å². The van der Waals surface area contributed by atoms with Crippen LogP contribution in [0.15, 0.2) is 24.3 Å². The lowest BCUT2D eigenvalue weighted by atomic mass is 10.0. The fraction of sp³-hybridized carbons (Fsp3) is 0.529. The molecule has 1 aromatic carbocycles. The Hall–Kier alpha value is -1.49. The number of carbonyl (C=O) groups is 2. The van der Waals surface area contributed by atoms with E-state index < -0.39 is 0 Å². The van der Waals surface area contributed by atoms with Gasteiger partial charge in [-0.25, -0.2) is 0 Å². The highest BCUT2D eigenvalue weighted by Gasteiger charge is 2.56. The molecule has 5 heteroatoms. The Morgan fingerprint density at radius 2 is 2.05 bits per heavy atom. The summed E-state index contributed by atoms with van der Waals surface area (Å²) >= 11 is 1.75. The summed E-state index contributed by atoms with van der Waals surface area (Å²) < 4.78 is 0. The van der Waals surface area contributed by atoms with Crippen LogP contribution in [0.4, 0.5) is 0 Å². The van der Waals surface area contributed by atoms with Gasteiger partial charge in [-0.2, -0.15) is 0 Å². The van der Waals surface area contributed by atoms with Gasteiger partial charge in [0.05, 0.1) is 0 Å². The summed E-state index contributed by atoms with van der Waals surface area (Å²) in [6.07, 6.45) is 3.48. The Morgan fingerprint density at radius 1 is 1.32 bits per heavy atom. The van der Waals surface area contributed by atoms with Crippen LogP contribution in [0.1, 0.15) is 36.8 Å². The topological polar surface area (TPSA) is 49.4 Å². The van der Waals surface area contributed by atoms with E-state index in [4.69, 9.17) is 0 Å². The smallest absolute Gasteiger partial charge is 0.243 e. The van der Waals surface area contributed by atoms with Crippen molar-refractivity contribution in [3.63, 3.8) is 0 Å². The average molecular weight is 316 g/mol.